The minimum absolute atomic E-state index is 0.109. The topological polar surface area (TPSA) is 45.5 Å². The van der Waals surface area contributed by atoms with Gasteiger partial charge >= 0.3 is 0 Å². The lowest BCUT2D eigenvalue weighted by molar-refractivity contribution is 0.660. The van der Waals surface area contributed by atoms with Gasteiger partial charge in [-0.3, -0.25) is 4.57 Å². The number of benzene rings is 16. The molecule has 5 heterocycles. The molecular formula is C106H72N6. The zero-order valence-electron chi connectivity index (χ0n) is 62.3. The van der Waals surface area contributed by atoms with Gasteiger partial charge < -0.3 is 13.7 Å². The minimum atomic E-state index is -0.117. The van der Waals surface area contributed by atoms with E-state index in [0.717, 1.165) is 83.3 Å². The largest absolute Gasteiger partial charge is 0.309 e. The highest BCUT2D eigenvalue weighted by Gasteiger charge is 2.37. The average molecular weight is 1430 g/mol. The fourth-order valence-electron chi connectivity index (χ4n) is 19.4. The van der Waals surface area contributed by atoms with Gasteiger partial charge in [0.1, 0.15) is 0 Å². The van der Waals surface area contributed by atoms with Crippen molar-refractivity contribution in [1.29, 1.82) is 0 Å². The van der Waals surface area contributed by atoms with Crippen LogP contribution in [0.5, 0.6) is 0 Å². The summed E-state index contributed by atoms with van der Waals surface area (Å²) in [7, 11) is 0. The Bertz CT molecular complexity index is 7580. The van der Waals surface area contributed by atoms with Crippen molar-refractivity contribution in [2.24, 2.45) is 0 Å². The molecule has 23 rings (SSSR count). The van der Waals surface area contributed by atoms with Crippen molar-refractivity contribution in [2.75, 3.05) is 0 Å². The van der Waals surface area contributed by atoms with Gasteiger partial charge in [-0.25, -0.2) is 9.97 Å². The quantitative estimate of drug-likeness (QED) is 0.137. The standard InChI is InChI=1S/C106H72N6/c1-105(2)90-38-16-10-32-78(90)80-50-48-74(62-92(80)105)110-97-41-19-13-35-83(97)87-59-67(45-53-101(87)110)66-44-52-100-86(58-66)82-34-12-18-40-96(82)109(100)73-29-23-28-72(57-73)95-64-94(71-27-22-26-70(56-71)77-31-9-8-30-76(77)65-24-6-5-7-25-65)107-104(108-95)112-99-43-21-15-37-85(99)89-61-69(47-55-103(89)112)68-46-54-102-88(60-68)84-36-14-20-42-98(84)111(102)75-49-51-81-79-33-11-17-39-91(79)106(3,4)93(81)63-75/h5-64H,1-4H3. The van der Waals surface area contributed by atoms with E-state index in [1.165, 1.54) is 133 Å². The highest BCUT2D eigenvalue weighted by molar-refractivity contribution is 6.15. The van der Waals surface area contributed by atoms with Crippen LogP contribution in [0.25, 0.3) is 200 Å². The van der Waals surface area contributed by atoms with Gasteiger partial charge in [-0.15, -0.1) is 0 Å². The maximum absolute atomic E-state index is 5.73. The number of para-hydroxylation sites is 4. The summed E-state index contributed by atoms with van der Waals surface area (Å²) < 4.78 is 9.63. The molecular weight excluding hydrogens is 1360 g/mol. The molecule has 5 aromatic heterocycles. The fraction of sp³-hybridized carbons (Fsp3) is 0.0566. The molecule has 16 aromatic carbocycles. The van der Waals surface area contributed by atoms with E-state index in [1.54, 1.807) is 0 Å². The van der Waals surface area contributed by atoms with Crippen LogP contribution in [-0.2, 0) is 10.8 Å². The van der Waals surface area contributed by atoms with E-state index in [4.69, 9.17) is 9.97 Å². The Kier molecular flexibility index (Phi) is 13.8. The molecule has 0 N–H and O–H groups in total. The van der Waals surface area contributed by atoms with Crippen molar-refractivity contribution in [3.8, 4) is 112 Å². The summed E-state index contributed by atoms with van der Waals surface area (Å²) in [6.07, 6.45) is 0. The van der Waals surface area contributed by atoms with E-state index in [9.17, 15) is 0 Å². The van der Waals surface area contributed by atoms with Gasteiger partial charge in [-0.2, -0.15) is 0 Å². The van der Waals surface area contributed by atoms with Gasteiger partial charge in [0.25, 0.3) is 0 Å². The molecule has 2 aliphatic carbocycles. The first-order valence-electron chi connectivity index (χ1n) is 38.9. The first-order chi connectivity index (χ1) is 55.0. The molecule has 112 heavy (non-hydrogen) atoms. The Balaban J connectivity index is 0.646. The maximum Gasteiger partial charge on any atom is 0.235 e. The second-order valence-electron chi connectivity index (χ2n) is 31.6. The molecule has 0 bridgehead atoms. The molecule has 526 valence electrons. The van der Waals surface area contributed by atoms with E-state index in [0.29, 0.717) is 5.95 Å². The molecule has 2 aliphatic rings. The molecule has 6 heteroatoms. The van der Waals surface area contributed by atoms with Gasteiger partial charge in [0, 0.05) is 82.1 Å². The summed E-state index contributed by atoms with van der Waals surface area (Å²) in [6.45, 7) is 9.45. The molecule has 0 saturated heterocycles. The van der Waals surface area contributed by atoms with Crippen LogP contribution in [0.15, 0.2) is 364 Å². The van der Waals surface area contributed by atoms with Crippen molar-refractivity contribution in [3.63, 3.8) is 0 Å². The van der Waals surface area contributed by atoms with Crippen molar-refractivity contribution < 1.29 is 0 Å². The van der Waals surface area contributed by atoms with Crippen LogP contribution in [0.4, 0.5) is 0 Å². The Morgan fingerprint density at radius 1 is 0.188 bits per heavy atom. The van der Waals surface area contributed by atoms with Crippen LogP contribution in [0, 0.1) is 0 Å². The maximum atomic E-state index is 5.73. The molecule has 0 atom stereocenters. The predicted octanol–water partition coefficient (Wildman–Crippen LogP) is 27.5. The zero-order valence-corrected chi connectivity index (χ0v) is 62.3. The predicted molar refractivity (Wildman–Crippen MR) is 467 cm³/mol. The van der Waals surface area contributed by atoms with Crippen LogP contribution in [0.3, 0.4) is 0 Å². The normalized spacial score (nSPS) is 13.3. The van der Waals surface area contributed by atoms with E-state index in [-0.39, 0.29) is 10.8 Å². The minimum Gasteiger partial charge on any atom is -0.309 e. The highest BCUT2D eigenvalue weighted by Crippen LogP contribution is 2.52. The Labute approximate surface area is 648 Å². The lowest BCUT2D eigenvalue weighted by atomic mass is 9.82. The van der Waals surface area contributed by atoms with Crippen LogP contribution in [0.2, 0.25) is 0 Å². The number of nitrogens with zero attached hydrogens (tertiary/aromatic N) is 6. The van der Waals surface area contributed by atoms with Crippen molar-refractivity contribution >= 4 is 87.2 Å². The molecule has 6 nitrogen and oxygen atoms in total. The first kappa shape index (κ1) is 63.9. The number of rotatable bonds is 10. The smallest absolute Gasteiger partial charge is 0.235 e. The van der Waals surface area contributed by atoms with Gasteiger partial charge in [0.05, 0.1) is 55.5 Å². The third-order valence-corrected chi connectivity index (χ3v) is 24.8. The van der Waals surface area contributed by atoms with Gasteiger partial charge in [-0.1, -0.05) is 270 Å². The lowest BCUT2D eigenvalue weighted by Gasteiger charge is -2.22. The van der Waals surface area contributed by atoms with Crippen molar-refractivity contribution in [1.82, 2.24) is 28.2 Å². The Morgan fingerprint density at radius 3 is 0.964 bits per heavy atom. The lowest BCUT2D eigenvalue weighted by Crippen LogP contribution is -2.15. The summed E-state index contributed by atoms with van der Waals surface area (Å²) in [5.41, 5.74) is 35.8. The monoisotopic (exact) mass is 1430 g/mol. The molecule has 0 saturated carbocycles. The molecule has 0 spiro atoms. The van der Waals surface area contributed by atoms with Crippen molar-refractivity contribution in [2.45, 2.75) is 38.5 Å². The number of hydrogen-bond donors (Lipinski definition) is 0. The highest BCUT2D eigenvalue weighted by atomic mass is 15.2. The van der Waals surface area contributed by atoms with Crippen molar-refractivity contribution in [3.05, 3.63) is 386 Å². The van der Waals surface area contributed by atoms with Crippen LogP contribution >= 0.6 is 0 Å². The summed E-state index contributed by atoms with van der Waals surface area (Å²) in [6, 6.07) is 135. The number of hydrogen-bond acceptors (Lipinski definition) is 2. The summed E-state index contributed by atoms with van der Waals surface area (Å²) in [5, 5.41) is 9.53. The second-order valence-corrected chi connectivity index (χ2v) is 31.6. The molecule has 0 fully saturated rings. The average Bonchev–Trinajstić information content (AvgIpc) is 1.56. The molecule has 0 amide bonds. The van der Waals surface area contributed by atoms with Gasteiger partial charge in [0.2, 0.25) is 5.95 Å². The Morgan fingerprint density at radius 2 is 0.509 bits per heavy atom. The Hall–Kier alpha value is -14.2. The van der Waals surface area contributed by atoms with E-state index in [1.807, 2.05) is 0 Å². The first-order valence-corrected chi connectivity index (χ1v) is 38.9. The second kappa shape index (κ2) is 24.1. The summed E-state index contributed by atoms with van der Waals surface area (Å²) >= 11 is 0. The SMILES string of the molecule is CC1(C)c2ccccc2-c2ccc(-n3c4ccccc4c4cc(-c5ccc6c(c5)c5ccccc5n6-c5cccc(-c6cc(-c7cccc(-c8ccccc8-c8ccccc8)c7)nc(-n7c8ccccc8c8cc(-c9ccc%10c(c9)c9ccccc9n%10-c9ccc%10c(c9)C(C)(C)c9ccccc9-%10)ccc87)n6)c5)ccc43)cc21. The summed E-state index contributed by atoms with van der Waals surface area (Å²) in [4.78, 5) is 11.4. The van der Waals surface area contributed by atoms with E-state index >= 15 is 0 Å². The number of fused-ring (bicyclic) bond motifs is 18. The van der Waals surface area contributed by atoms with Crippen LogP contribution in [0.1, 0.15) is 49.9 Å². The molecule has 0 radical (unpaired) electrons. The molecule has 0 aliphatic heterocycles. The third kappa shape index (κ3) is 9.52. The van der Waals surface area contributed by atoms with Crippen LogP contribution < -0.4 is 0 Å². The van der Waals surface area contributed by atoms with Crippen LogP contribution in [-0.4, -0.2) is 28.2 Å². The third-order valence-electron chi connectivity index (χ3n) is 24.8. The fourth-order valence-corrected chi connectivity index (χ4v) is 19.4. The summed E-state index contributed by atoms with van der Waals surface area (Å²) in [5.74, 6) is 0.589. The number of aromatic nitrogens is 6. The molecule has 0 unspecified atom stereocenters. The molecule has 21 aromatic rings. The van der Waals surface area contributed by atoms with E-state index < -0.39 is 0 Å². The van der Waals surface area contributed by atoms with Gasteiger partial charge in [-0.05, 0) is 210 Å². The van der Waals surface area contributed by atoms with E-state index in [2.05, 4.69) is 410 Å². The zero-order chi connectivity index (χ0) is 74.2. The van der Waals surface area contributed by atoms with Gasteiger partial charge in [0.15, 0.2) is 0 Å².